The van der Waals surface area contributed by atoms with Crippen LogP contribution < -0.4 is 10.6 Å². The van der Waals surface area contributed by atoms with E-state index in [2.05, 4.69) is 21.9 Å². The molecule has 1 aromatic carbocycles. The van der Waals surface area contributed by atoms with Crippen molar-refractivity contribution in [1.29, 1.82) is 0 Å². The molecule has 0 aliphatic rings. The summed E-state index contributed by atoms with van der Waals surface area (Å²) in [5.74, 6) is 1.69. The molecule has 1 unspecified atom stereocenters. The summed E-state index contributed by atoms with van der Waals surface area (Å²) in [5, 5.41) is 17.5. The second-order valence-electron chi connectivity index (χ2n) is 4.36. The van der Waals surface area contributed by atoms with Crippen LogP contribution in [0.4, 0.5) is 0 Å². The monoisotopic (exact) mass is 349 g/mol. The number of hydrogen-bond donors (Lipinski definition) is 3. The Morgan fingerprint density at radius 3 is 2.52 bits per heavy atom. The molecule has 0 aliphatic carbocycles. The van der Waals surface area contributed by atoms with Crippen molar-refractivity contribution in [3.8, 4) is 0 Å². The van der Waals surface area contributed by atoms with Gasteiger partial charge in [-0.3, -0.25) is 4.99 Å². The minimum Gasteiger partial charge on any atom is -0.386 e. The smallest absolute Gasteiger partial charge is 0.191 e. The Bertz CT molecular complexity index is 451. The van der Waals surface area contributed by atoms with Gasteiger partial charge in [0.2, 0.25) is 0 Å². The molecule has 0 saturated carbocycles. The van der Waals surface area contributed by atoms with E-state index >= 15 is 0 Å². The van der Waals surface area contributed by atoms with Crippen molar-refractivity contribution < 1.29 is 5.11 Å². The Morgan fingerprint density at radius 2 is 1.95 bits per heavy atom. The summed E-state index contributed by atoms with van der Waals surface area (Å²) in [7, 11) is 0. The van der Waals surface area contributed by atoms with E-state index in [0.29, 0.717) is 21.6 Å². The molecule has 0 bridgehead atoms. The van der Waals surface area contributed by atoms with Crippen molar-refractivity contribution in [2.75, 3.05) is 31.6 Å². The molecule has 0 fully saturated rings. The predicted molar refractivity (Wildman–Crippen MR) is 93.8 cm³/mol. The van der Waals surface area contributed by atoms with Crippen LogP contribution in [0, 0.1) is 0 Å². The molecule has 0 aliphatic heterocycles. The molecule has 1 aromatic rings. The van der Waals surface area contributed by atoms with Gasteiger partial charge in [-0.1, -0.05) is 23.2 Å². The van der Waals surface area contributed by atoms with Crippen molar-refractivity contribution in [2.45, 2.75) is 13.0 Å². The molecule has 21 heavy (non-hydrogen) atoms. The van der Waals surface area contributed by atoms with Gasteiger partial charge in [0.15, 0.2) is 5.96 Å². The van der Waals surface area contributed by atoms with Crippen LogP contribution in [-0.4, -0.2) is 42.7 Å². The van der Waals surface area contributed by atoms with Gasteiger partial charge in [-0.15, -0.1) is 0 Å². The fraction of sp³-hybridized carbons (Fsp3) is 0.500. The third kappa shape index (κ3) is 7.27. The largest absolute Gasteiger partial charge is 0.386 e. The van der Waals surface area contributed by atoms with Gasteiger partial charge < -0.3 is 15.7 Å². The zero-order valence-electron chi connectivity index (χ0n) is 12.2. The highest BCUT2D eigenvalue weighted by Gasteiger charge is 2.09. The van der Waals surface area contributed by atoms with Crippen molar-refractivity contribution in [1.82, 2.24) is 10.6 Å². The number of aliphatic hydroxyl groups is 1. The first kappa shape index (κ1) is 18.4. The van der Waals surface area contributed by atoms with Crippen LogP contribution in [0.1, 0.15) is 18.6 Å². The number of thioether (sulfide) groups is 1. The average Bonchev–Trinajstić information content (AvgIpc) is 2.43. The number of guanidine groups is 1. The molecule has 1 rings (SSSR count). The first-order valence-corrected chi connectivity index (χ1v) is 8.87. The number of nitrogens with one attached hydrogen (secondary N) is 2. The minimum atomic E-state index is -0.739. The normalized spacial score (nSPS) is 13.1. The summed E-state index contributed by atoms with van der Waals surface area (Å²) in [6.45, 7) is 3.83. The van der Waals surface area contributed by atoms with Gasteiger partial charge in [0, 0.05) is 28.9 Å². The molecule has 0 saturated heterocycles. The summed E-state index contributed by atoms with van der Waals surface area (Å²) in [4.78, 5) is 4.37. The zero-order chi connectivity index (χ0) is 15.7. The molecule has 7 heteroatoms. The minimum absolute atomic E-state index is 0.241. The summed E-state index contributed by atoms with van der Waals surface area (Å²) in [5.41, 5.74) is 0.663. The molecular formula is C14H21Cl2N3OS. The van der Waals surface area contributed by atoms with Gasteiger partial charge in [-0.05, 0) is 36.9 Å². The van der Waals surface area contributed by atoms with E-state index in [9.17, 15) is 5.11 Å². The molecule has 0 heterocycles. The van der Waals surface area contributed by atoms with Gasteiger partial charge in [0.25, 0.3) is 0 Å². The SMILES string of the molecule is CCNC(=NCC(O)c1cc(Cl)cc(Cl)c1)NCCSC. The number of aliphatic imine (C=N–C) groups is 1. The Morgan fingerprint density at radius 1 is 1.29 bits per heavy atom. The Balaban J connectivity index is 2.64. The number of benzene rings is 1. The molecule has 118 valence electrons. The number of halogens is 2. The summed E-state index contributed by atoms with van der Waals surface area (Å²) < 4.78 is 0. The molecule has 0 radical (unpaired) electrons. The third-order valence-corrected chi connectivity index (χ3v) is 3.68. The lowest BCUT2D eigenvalue weighted by atomic mass is 10.1. The van der Waals surface area contributed by atoms with Crippen molar-refractivity contribution in [2.24, 2.45) is 4.99 Å². The van der Waals surface area contributed by atoms with Gasteiger partial charge in [-0.2, -0.15) is 11.8 Å². The molecule has 0 spiro atoms. The summed E-state index contributed by atoms with van der Waals surface area (Å²) >= 11 is 13.6. The number of nitrogens with zero attached hydrogens (tertiary/aromatic N) is 1. The number of hydrogen-bond acceptors (Lipinski definition) is 3. The maximum Gasteiger partial charge on any atom is 0.191 e. The van der Waals surface area contributed by atoms with Crippen molar-refractivity contribution >= 4 is 40.9 Å². The molecule has 3 N–H and O–H groups in total. The molecule has 0 amide bonds. The predicted octanol–water partition coefficient (Wildman–Crippen LogP) is 2.94. The second-order valence-corrected chi connectivity index (χ2v) is 6.22. The van der Waals surface area contributed by atoms with E-state index in [0.717, 1.165) is 18.8 Å². The summed E-state index contributed by atoms with van der Waals surface area (Å²) in [6.07, 6.45) is 1.32. The van der Waals surface area contributed by atoms with Gasteiger partial charge in [0.05, 0.1) is 12.6 Å². The molecule has 1 atom stereocenters. The zero-order valence-corrected chi connectivity index (χ0v) is 14.5. The van der Waals surface area contributed by atoms with Crippen molar-refractivity contribution in [3.63, 3.8) is 0 Å². The molecule has 0 aromatic heterocycles. The number of rotatable bonds is 7. The van der Waals surface area contributed by atoms with Crippen LogP contribution in [-0.2, 0) is 0 Å². The second kappa shape index (κ2) is 10.2. The van der Waals surface area contributed by atoms with Crippen LogP contribution in [0.2, 0.25) is 10.0 Å². The first-order valence-electron chi connectivity index (χ1n) is 6.72. The summed E-state index contributed by atoms with van der Waals surface area (Å²) in [6, 6.07) is 5.03. The first-order chi connectivity index (χ1) is 10.1. The maximum absolute atomic E-state index is 10.2. The highest BCUT2D eigenvalue weighted by atomic mass is 35.5. The lowest BCUT2D eigenvalue weighted by molar-refractivity contribution is 0.187. The highest BCUT2D eigenvalue weighted by Crippen LogP contribution is 2.23. The Kier molecular flexibility index (Phi) is 8.92. The van der Waals surface area contributed by atoms with Crippen LogP contribution >= 0.6 is 35.0 Å². The highest BCUT2D eigenvalue weighted by molar-refractivity contribution is 7.98. The van der Waals surface area contributed by atoms with Gasteiger partial charge >= 0.3 is 0 Å². The van der Waals surface area contributed by atoms with E-state index in [1.54, 1.807) is 30.0 Å². The topological polar surface area (TPSA) is 56.7 Å². The lowest BCUT2D eigenvalue weighted by Gasteiger charge is -2.13. The number of aliphatic hydroxyl groups excluding tert-OH is 1. The average molecular weight is 350 g/mol. The Hall–Kier alpha value is -0.620. The van der Waals surface area contributed by atoms with Crippen LogP contribution in [0.5, 0.6) is 0 Å². The maximum atomic E-state index is 10.2. The fourth-order valence-electron chi connectivity index (χ4n) is 1.66. The quantitative estimate of drug-likeness (QED) is 0.402. The van der Waals surface area contributed by atoms with E-state index in [-0.39, 0.29) is 6.54 Å². The van der Waals surface area contributed by atoms with Crippen molar-refractivity contribution in [3.05, 3.63) is 33.8 Å². The lowest BCUT2D eigenvalue weighted by Crippen LogP contribution is -2.38. The standard InChI is InChI=1S/C14H21Cl2N3OS/c1-3-17-14(18-4-5-21-2)19-9-13(20)10-6-11(15)8-12(16)7-10/h6-8,13,20H,3-5,9H2,1-2H3,(H2,17,18,19). The Labute approximate surface area is 140 Å². The third-order valence-electron chi connectivity index (χ3n) is 2.63. The fourth-order valence-corrected chi connectivity index (χ4v) is 2.51. The molecular weight excluding hydrogens is 329 g/mol. The van der Waals surface area contributed by atoms with Crippen LogP contribution in [0.15, 0.2) is 23.2 Å². The van der Waals surface area contributed by atoms with Crippen LogP contribution in [0.25, 0.3) is 0 Å². The van der Waals surface area contributed by atoms with Crippen LogP contribution in [0.3, 0.4) is 0 Å². The van der Waals surface area contributed by atoms with Gasteiger partial charge in [0.1, 0.15) is 0 Å². The van der Waals surface area contributed by atoms with E-state index in [1.165, 1.54) is 0 Å². The van der Waals surface area contributed by atoms with E-state index < -0.39 is 6.10 Å². The van der Waals surface area contributed by atoms with E-state index in [4.69, 9.17) is 23.2 Å². The molecule has 4 nitrogen and oxygen atoms in total. The van der Waals surface area contributed by atoms with Gasteiger partial charge in [-0.25, -0.2) is 0 Å². The van der Waals surface area contributed by atoms with E-state index in [1.807, 2.05) is 6.92 Å².